The van der Waals surface area contributed by atoms with Gasteiger partial charge in [0.15, 0.2) is 4.96 Å². The van der Waals surface area contributed by atoms with Gasteiger partial charge in [0.1, 0.15) is 4.88 Å². The molecule has 0 bridgehead atoms. The van der Waals surface area contributed by atoms with Gasteiger partial charge in [0.25, 0.3) is 5.91 Å². The van der Waals surface area contributed by atoms with E-state index < -0.39 is 0 Å². The smallest absolute Gasteiger partial charge is 0.409 e. The number of ether oxygens (including phenoxy) is 1. The molecule has 3 aromatic rings. The molecule has 146 valence electrons. The molecule has 1 aliphatic heterocycles. The Bertz CT molecular complexity index is 1000. The first kappa shape index (κ1) is 18.5. The van der Waals surface area contributed by atoms with Crippen LogP contribution in [0.25, 0.3) is 16.2 Å². The summed E-state index contributed by atoms with van der Waals surface area (Å²) in [5.41, 5.74) is 2.85. The molecule has 1 aromatic carbocycles. The maximum absolute atomic E-state index is 13.0. The van der Waals surface area contributed by atoms with Gasteiger partial charge in [0.2, 0.25) is 0 Å². The van der Waals surface area contributed by atoms with Gasteiger partial charge in [-0.1, -0.05) is 41.7 Å². The monoisotopic (exact) mass is 398 g/mol. The normalized spacial score (nSPS) is 14.5. The minimum absolute atomic E-state index is 0.00206. The van der Waals surface area contributed by atoms with Crippen molar-refractivity contribution >= 4 is 28.3 Å². The maximum Gasteiger partial charge on any atom is 0.409 e. The van der Waals surface area contributed by atoms with E-state index in [4.69, 9.17) is 4.74 Å². The number of aryl methyl sites for hydroxylation is 1. The number of aromatic nitrogens is 2. The van der Waals surface area contributed by atoms with Gasteiger partial charge in [-0.25, -0.2) is 9.78 Å². The number of piperazine rings is 1. The highest BCUT2D eigenvalue weighted by Crippen LogP contribution is 2.28. The zero-order chi connectivity index (χ0) is 19.7. The van der Waals surface area contributed by atoms with Crippen molar-refractivity contribution in [2.75, 3.05) is 32.8 Å². The van der Waals surface area contributed by atoms with Crippen LogP contribution in [0.4, 0.5) is 4.79 Å². The summed E-state index contributed by atoms with van der Waals surface area (Å²) in [5, 5.41) is 0. The lowest BCUT2D eigenvalue weighted by Crippen LogP contribution is -2.50. The highest BCUT2D eigenvalue weighted by Gasteiger charge is 2.28. The third kappa shape index (κ3) is 3.35. The fourth-order valence-electron chi connectivity index (χ4n) is 3.35. The van der Waals surface area contributed by atoms with Crippen molar-refractivity contribution in [1.29, 1.82) is 0 Å². The summed E-state index contributed by atoms with van der Waals surface area (Å²) in [7, 11) is 0. The number of rotatable bonds is 3. The summed E-state index contributed by atoms with van der Waals surface area (Å²) in [6.07, 6.45) is 1.67. The van der Waals surface area contributed by atoms with Crippen molar-refractivity contribution in [3.63, 3.8) is 0 Å². The molecular weight excluding hydrogens is 376 g/mol. The number of benzene rings is 1. The molecule has 0 radical (unpaired) electrons. The molecule has 0 N–H and O–H groups in total. The minimum atomic E-state index is -0.311. The zero-order valence-electron chi connectivity index (χ0n) is 15.9. The van der Waals surface area contributed by atoms with Crippen molar-refractivity contribution < 1.29 is 14.3 Å². The van der Waals surface area contributed by atoms with Crippen molar-refractivity contribution in [2.24, 2.45) is 0 Å². The molecule has 2 aromatic heterocycles. The largest absolute Gasteiger partial charge is 0.450 e. The van der Waals surface area contributed by atoms with Crippen LogP contribution in [-0.2, 0) is 4.74 Å². The molecule has 3 heterocycles. The van der Waals surface area contributed by atoms with E-state index in [0.29, 0.717) is 37.7 Å². The Labute approximate surface area is 167 Å². The Hall–Kier alpha value is -2.87. The Morgan fingerprint density at radius 1 is 1.11 bits per heavy atom. The molecule has 1 fully saturated rings. The molecule has 0 saturated carbocycles. The van der Waals surface area contributed by atoms with Crippen molar-refractivity contribution in [3.8, 4) is 11.3 Å². The Kier molecular flexibility index (Phi) is 5.04. The van der Waals surface area contributed by atoms with Crippen LogP contribution in [0.5, 0.6) is 0 Å². The summed E-state index contributed by atoms with van der Waals surface area (Å²) in [4.78, 5) is 34.5. The van der Waals surface area contributed by atoms with Crippen molar-refractivity contribution in [3.05, 3.63) is 47.1 Å². The molecule has 0 spiro atoms. The number of carbonyl (C=O) groups is 2. The van der Waals surface area contributed by atoms with Crippen LogP contribution in [0.2, 0.25) is 0 Å². The van der Waals surface area contributed by atoms with Gasteiger partial charge in [-0.05, 0) is 13.8 Å². The van der Waals surface area contributed by atoms with Gasteiger partial charge in [-0.3, -0.25) is 9.20 Å². The van der Waals surface area contributed by atoms with Crippen LogP contribution in [0.3, 0.4) is 0 Å². The Morgan fingerprint density at radius 3 is 2.43 bits per heavy atom. The maximum atomic E-state index is 13.0. The topological polar surface area (TPSA) is 67.2 Å². The number of hydrogen-bond acceptors (Lipinski definition) is 5. The van der Waals surface area contributed by atoms with Gasteiger partial charge < -0.3 is 14.5 Å². The SMILES string of the molecule is CCOC(=O)N1CCN(C(=O)c2sc3nc(-c4ccccc4)cn3c2C)CC1. The average molecular weight is 398 g/mol. The summed E-state index contributed by atoms with van der Waals surface area (Å²) in [6, 6.07) is 10.0. The van der Waals surface area contributed by atoms with Gasteiger partial charge in [0, 0.05) is 43.6 Å². The lowest BCUT2D eigenvalue weighted by Gasteiger charge is -2.33. The predicted octanol–water partition coefficient (Wildman–Crippen LogP) is 3.29. The zero-order valence-corrected chi connectivity index (χ0v) is 16.7. The van der Waals surface area contributed by atoms with E-state index in [9.17, 15) is 9.59 Å². The minimum Gasteiger partial charge on any atom is -0.450 e. The van der Waals surface area contributed by atoms with E-state index in [2.05, 4.69) is 4.98 Å². The molecule has 28 heavy (non-hydrogen) atoms. The Balaban J connectivity index is 1.50. The van der Waals surface area contributed by atoms with Gasteiger partial charge in [-0.2, -0.15) is 0 Å². The third-order valence-corrected chi connectivity index (χ3v) is 6.06. The molecule has 0 unspecified atom stereocenters. The number of thiazole rings is 1. The van der Waals surface area contributed by atoms with Crippen LogP contribution < -0.4 is 0 Å². The van der Waals surface area contributed by atoms with Crippen LogP contribution >= 0.6 is 11.3 Å². The second-order valence-electron chi connectivity index (χ2n) is 6.64. The first-order valence-corrected chi connectivity index (χ1v) is 10.1. The number of amides is 2. The van der Waals surface area contributed by atoms with Crippen molar-refractivity contribution in [1.82, 2.24) is 19.2 Å². The van der Waals surface area contributed by atoms with E-state index in [1.165, 1.54) is 11.3 Å². The van der Waals surface area contributed by atoms with Gasteiger partial charge in [0.05, 0.1) is 12.3 Å². The third-order valence-electron chi connectivity index (χ3n) is 4.91. The Morgan fingerprint density at radius 2 is 1.79 bits per heavy atom. The molecule has 2 amide bonds. The molecule has 4 rings (SSSR count). The summed E-state index contributed by atoms with van der Waals surface area (Å²) >= 11 is 1.41. The highest BCUT2D eigenvalue weighted by molar-refractivity contribution is 7.19. The fraction of sp³-hybridized carbons (Fsp3) is 0.350. The second kappa shape index (κ2) is 7.63. The second-order valence-corrected chi connectivity index (χ2v) is 7.62. The molecule has 7 nitrogen and oxygen atoms in total. The van der Waals surface area contributed by atoms with Gasteiger partial charge in [-0.15, -0.1) is 0 Å². The quantitative estimate of drug-likeness (QED) is 0.679. The molecule has 1 saturated heterocycles. The lowest BCUT2D eigenvalue weighted by molar-refractivity contribution is 0.0573. The molecule has 0 aliphatic carbocycles. The van der Waals surface area contributed by atoms with Crippen LogP contribution in [0, 0.1) is 6.92 Å². The number of nitrogens with zero attached hydrogens (tertiary/aromatic N) is 4. The van der Waals surface area contributed by atoms with E-state index in [0.717, 1.165) is 21.9 Å². The van der Waals surface area contributed by atoms with E-state index >= 15 is 0 Å². The van der Waals surface area contributed by atoms with Crippen molar-refractivity contribution in [2.45, 2.75) is 13.8 Å². The van der Waals surface area contributed by atoms with Crippen LogP contribution in [0.15, 0.2) is 36.5 Å². The standard InChI is InChI=1S/C20H22N4O3S/c1-3-27-20(26)23-11-9-22(10-12-23)18(25)17-14(2)24-13-16(21-19(24)28-17)15-7-5-4-6-8-15/h4-8,13H,3,9-12H2,1-2H3. The molecule has 1 aliphatic rings. The lowest BCUT2D eigenvalue weighted by atomic mass is 10.2. The van der Waals surface area contributed by atoms with Gasteiger partial charge >= 0.3 is 6.09 Å². The van der Waals surface area contributed by atoms with Crippen LogP contribution in [-0.4, -0.2) is 64.0 Å². The summed E-state index contributed by atoms with van der Waals surface area (Å²) in [5.74, 6) is -0.00206. The number of hydrogen-bond donors (Lipinski definition) is 0. The molecule has 8 heteroatoms. The fourth-order valence-corrected chi connectivity index (χ4v) is 4.42. The van der Waals surface area contributed by atoms with Crippen LogP contribution in [0.1, 0.15) is 22.3 Å². The number of carbonyl (C=O) groups excluding carboxylic acids is 2. The van der Waals surface area contributed by atoms with E-state index in [-0.39, 0.29) is 12.0 Å². The first-order valence-electron chi connectivity index (χ1n) is 9.33. The molecule has 0 atom stereocenters. The summed E-state index contributed by atoms with van der Waals surface area (Å²) < 4.78 is 7.01. The summed E-state index contributed by atoms with van der Waals surface area (Å²) in [6.45, 7) is 6.09. The van der Waals surface area contributed by atoms with E-state index in [1.54, 1.807) is 16.7 Å². The number of imidazole rings is 1. The predicted molar refractivity (Wildman–Crippen MR) is 108 cm³/mol. The number of fused-ring (bicyclic) bond motifs is 1. The average Bonchev–Trinajstić information content (AvgIpc) is 3.28. The highest BCUT2D eigenvalue weighted by atomic mass is 32.1. The molecular formula is C20H22N4O3S. The first-order chi connectivity index (χ1) is 13.6. The van der Waals surface area contributed by atoms with E-state index in [1.807, 2.05) is 47.9 Å².